The summed E-state index contributed by atoms with van der Waals surface area (Å²) in [6.45, 7) is 2.57. The van der Waals surface area contributed by atoms with Crippen molar-refractivity contribution in [1.82, 2.24) is 4.98 Å². The Morgan fingerprint density at radius 2 is 2.16 bits per heavy atom. The van der Waals surface area contributed by atoms with Crippen LogP contribution < -0.4 is 4.90 Å². The minimum Gasteiger partial charge on any atom is -0.477 e. The van der Waals surface area contributed by atoms with Crippen molar-refractivity contribution in [2.75, 3.05) is 45.4 Å². The zero-order valence-corrected chi connectivity index (χ0v) is 11.3. The average molecular weight is 268 g/mol. The standard InChI is InChI=1S/C13H20N2O4/c1-15(7-10-19-9-4-8-18-2)12-6-3-5-11(14-12)13(16)17/h3,5-6H,4,7-10H2,1-2H3,(H,16,17). The zero-order chi connectivity index (χ0) is 14.1. The number of ether oxygens (including phenoxy) is 2. The molecule has 0 unspecified atom stereocenters. The molecular formula is C13H20N2O4. The molecule has 0 aliphatic rings. The van der Waals surface area contributed by atoms with E-state index in [1.54, 1.807) is 19.2 Å². The normalized spacial score (nSPS) is 10.4. The van der Waals surface area contributed by atoms with Crippen molar-refractivity contribution in [3.05, 3.63) is 23.9 Å². The molecule has 0 spiro atoms. The van der Waals surface area contributed by atoms with Gasteiger partial charge in [-0.05, 0) is 18.6 Å². The highest BCUT2D eigenvalue weighted by Crippen LogP contribution is 2.09. The van der Waals surface area contributed by atoms with Crippen LogP contribution in [-0.2, 0) is 9.47 Å². The molecule has 0 saturated heterocycles. The number of pyridine rings is 1. The van der Waals surface area contributed by atoms with Crippen LogP contribution in [0.3, 0.4) is 0 Å². The molecule has 0 fully saturated rings. The van der Waals surface area contributed by atoms with Gasteiger partial charge in [-0.2, -0.15) is 0 Å². The van der Waals surface area contributed by atoms with Gasteiger partial charge in [-0.1, -0.05) is 6.07 Å². The largest absolute Gasteiger partial charge is 0.477 e. The maximum atomic E-state index is 10.8. The lowest BCUT2D eigenvalue weighted by atomic mass is 10.3. The van der Waals surface area contributed by atoms with Crippen molar-refractivity contribution >= 4 is 11.8 Å². The van der Waals surface area contributed by atoms with Gasteiger partial charge in [0.25, 0.3) is 0 Å². The van der Waals surface area contributed by atoms with Crippen molar-refractivity contribution in [3.63, 3.8) is 0 Å². The first-order valence-corrected chi connectivity index (χ1v) is 6.13. The third kappa shape index (κ3) is 5.67. The molecule has 0 radical (unpaired) electrons. The van der Waals surface area contributed by atoms with Crippen molar-refractivity contribution < 1.29 is 19.4 Å². The van der Waals surface area contributed by atoms with E-state index in [9.17, 15) is 4.79 Å². The van der Waals surface area contributed by atoms with Gasteiger partial charge in [0.2, 0.25) is 0 Å². The third-order valence-corrected chi connectivity index (χ3v) is 2.55. The summed E-state index contributed by atoms with van der Waals surface area (Å²) in [6, 6.07) is 4.93. The average Bonchev–Trinajstić information content (AvgIpc) is 2.42. The van der Waals surface area contributed by atoms with Gasteiger partial charge >= 0.3 is 5.97 Å². The maximum absolute atomic E-state index is 10.8. The topological polar surface area (TPSA) is 71.9 Å². The second-order valence-corrected chi connectivity index (χ2v) is 4.07. The molecule has 1 aromatic heterocycles. The highest BCUT2D eigenvalue weighted by Gasteiger charge is 2.07. The highest BCUT2D eigenvalue weighted by atomic mass is 16.5. The van der Waals surface area contributed by atoms with E-state index in [1.807, 2.05) is 11.9 Å². The quantitative estimate of drug-likeness (QED) is 0.680. The van der Waals surface area contributed by atoms with Gasteiger partial charge in [-0.3, -0.25) is 0 Å². The molecule has 1 aromatic rings. The molecule has 0 atom stereocenters. The Hall–Kier alpha value is -1.66. The van der Waals surface area contributed by atoms with E-state index in [0.29, 0.717) is 32.2 Å². The molecule has 6 nitrogen and oxygen atoms in total. The lowest BCUT2D eigenvalue weighted by Crippen LogP contribution is -2.24. The number of carboxylic acid groups (broad SMARTS) is 1. The lowest BCUT2D eigenvalue weighted by Gasteiger charge is -2.18. The van der Waals surface area contributed by atoms with Gasteiger partial charge in [0.05, 0.1) is 6.61 Å². The van der Waals surface area contributed by atoms with Crippen LogP contribution in [0.25, 0.3) is 0 Å². The van der Waals surface area contributed by atoms with Crippen LogP contribution in [0, 0.1) is 0 Å². The third-order valence-electron chi connectivity index (χ3n) is 2.55. The minimum absolute atomic E-state index is 0.0466. The van der Waals surface area contributed by atoms with E-state index >= 15 is 0 Å². The molecule has 0 aliphatic carbocycles. The second kappa shape index (κ2) is 8.44. The molecule has 0 aromatic carbocycles. The first-order chi connectivity index (χ1) is 9.15. The van der Waals surface area contributed by atoms with Crippen molar-refractivity contribution in [3.8, 4) is 0 Å². The molecule has 0 saturated carbocycles. The van der Waals surface area contributed by atoms with E-state index < -0.39 is 5.97 Å². The number of aromatic nitrogens is 1. The Kier molecular flexibility index (Phi) is 6.84. The van der Waals surface area contributed by atoms with Crippen molar-refractivity contribution in [2.24, 2.45) is 0 Å². The number of rotatable bonds is 9. The summed E-state index contributed by atoms with van der Waals surface area (Å²) in [6.07, 6.45) is 0.868. The minimum atomic E-state index is -1.02. The van der Waals surface area contributed by atoms with Gasteiger partial charge in [0.1, 0.15) is 5.82 Å². The van der Waals surface area contributed by atoms with E-state index in [4.69, 9.17) is 14.6 Å². The molecule has 0 aliphatic heterocycles. The summed E-state index contributed by atoms with van der Waals surface area (Å²) in [5.74, 6) is -0.397. The predicted molar refractivity (Wildman–Crippen MR) is 71.8 cm³/mol. The lowest BCUT2D eigenvalue weighted by molar-refractivity contribution is 0.0690. The Bertz CT molecular complexity index is 398. The summed E-state index contributed by atoms with van der Waals surface area (Å²) in [5, 5.41) is 8.87. The van der Waals surface area contributed by atoms with E-state index in [2.05, 4.69) is 4.98 Å². The van der Waals surface area contributed by atoms with E-state index in [0.717, 1.165) is 6.42 Å². The molecule has 1 N–H and O–H groups in total. The van der Waals surface area contributed by atoms with Gasteiger partial charge < -0.3 is 19.5 Å². The SMILES string of the molecule is COCCCOCCN(C)c1cccc(C(=O)O)n1. The number of nitrogens with zero attached hydrogens (tertiary/aromatic N) is 2. The van der Waals surface area contributed by atoms with Gasteiger partial charge in [-0.25, -0.2) is 9.78 Å². The second-order valence-electron chi connectivity index (χ2n) is 4.07. The fourth-order valence-corrected chi connectivity index (χ4v) is 1.48. The van der Waals surface area contributed by atoms with Crippen LogP contribution in [-0.4, -0.2) is 56.6 Å². The van der Waals surface area contributed by atoms with Gasteiger partial charge in [-0.15, -0.1) is 0 Å². The summed E-state index contributed by atoms with van der Waals surface area (Å²) >= 11 is 0. The van der Waals surface area contributed by atoms with Crippen molar-refractivity contribution in [2.45, 2.75) is 6.42 Å². The number of aromatic carboxylic acids is 1. The summed E-state index contributed by atoms with van der Waals surface area (Å²) in [7, 11) is 3.52. The van der Waals surface area contributed by atoms with Crippen LogP contribution in [0.1, 0.15) is 16.9 Å². The Morgan fingerprint density at radius 1 is 1.37 bits per heavy atom. The van der Waals surface area contributed by atoms with Crippen LogP contribution in [0.5, 0.6) is 0 Å². The van der Waals surface area contributed by atoms with Gasteiger partial charge in [0.15, 0.2) is 5.69 Å². The number of anilines is 1. The van der Waals surface area contributed by atoms with Crippen LogP contribution in [0.2, 0.25) is 0 Å². The molecule has 19 heavy (non-hydrogen) atoms. The number of hydrogen-bond donors (Lipinski definition) is 1. The molecule has 106 valence electrons. The molecular weight excluding hydrogens is 248 g/mol. The van der Waals surface area contributed by atoms with Crippen LogP contribution in [0.4, 0.5) is 5.82 Å². The maximum Gasteiger partial charge on any atom is 0.354 e. The van der Waals surface area contributed by atoms with Crippen LogP contribution >= 0.6 is 0 Å². The number of methoxy groups -OCH3 is 1. The molecule has 0 bridgehead atoms. The van der Waals surface area contributed by atoms with E-state index in [-0.39, 0.29) is 5.69 Å². The summed E-state index contributed by atoms with van der Waals surface area (Å²) in [4.78, 5) is 16.7. The molecule has 6 heteroatoms. The Labute approximate surface area is 113 Å². The highest BCUT2D eigenvalue weighted by molar-refractivity contribution is 5.85. The van der Waals surface area contributed by atoms with Crippen molar-refractivity contribution in [1.29, 1.82) is 0 Å². The molecule has 1 heterocycles. The first kappa shape index (κ1) is 15.4. The monoisotopic (exact) mass is 268 g/mol. The Balaban J connectivity index is 2.34. The first-order valence-electron chi connectivity index (χ1n) is 6.13. The molecule has 1 rings (SSSR count). The van der Waals surface area contributed by atoms with Crippen LogP contribution in [0.15, 0.2) is 18.2 Å². The summed E-state index contributed by atoms with van der Waals surface area (Å²) in [5.41, 5.74) is 0.0466. The fraction of sp³-hybridized carbons (Fsp3) is 0.538. The Morgan fingerprint density at radius 3 is 2.84 bits per heavy atom. The number of carbonyl (C=O) groups is 1. The molecule has 0 amide bonds. The predicted octanol–water partition coefficient (Wildman–Crippen LogP) is 1.27. The summed E-state index contributed by atoms with van der Waals surface area (Å²) < 4.78 is 10.4. The number of hydrogen-bond acceptors (Lipinski definition) is 5. The van der Waals surface area contributed by atoms with E-state index in [1.165, 1.54) is 6.07 Å². The zero-order valence-electron chi connectivity index (χ0n) is 11.3. The smallest absolute Gasteiger partial charge is 0.354 e. The van der Waals surface area contributed by atoms with Gasteiger partial charge in [0, 0.05) is 33.9 Å². The fourth-order valence-electron chi connectivity index (χ4n) is 1.48. The number of likely N-dealkylation sites (N-methyl/N-ethyl adjacent to an activating group) is 1. The number of carboxylic acids is 1.